The van der Waals surface area contributed by atoms with E-state index in [4.69, 9.17) is 27.9 Å². The van der Waals surface area contributed by atoms with Crippen molar-refractivity contribution in [3.05, 3.63) is 44.4 Å². The molecule has 1 aromatic rings. The van der Waals surface area contributed by atoms with Crippen molar-refractivity contribution >= 4 is 40.9 Å². The molecule has 23 heavy (non-hydrogen) atoms. The number of halogens is 2. The van der Waals surface area contributed by atoms with E-state index in [9.17, 15) is 10.1 Å². The number of carbonyl (C=O) groups excluding carboxylic acids is 1. The third kappa shape index (κ3) is 3.43. The van der Waals surface area contributed by atoms with Gasteiger partial charge in [0.05, 0.1) is 28.3 Å². The van der Waals surface area contributed by atoms with Gasteiger partial charge in [-0.1, -0.05) is 41.0 Å². The predicted molar refractivity (Wildman–Crippen MR) is 90.0 cm³/mol. The van der Waals surface area contributed by atoms with Crippen LogP contribution in [0.25, 0.3) is 0 Å². The normalized spacial score (nSPS) is 21.9. The Bertz CT molecular complexity index is 711. The highest BCUT2D eigenvalue weighted by molar-refractivity contribution is 8.03. The highest BCUT2D eigenvalue weighted by atomic mass is 35.5. The standard InChI is InChI=1S/C15H13Cl2N3O2S/c16-11-2-1-9(7-12(11)17)14-19-13(21)10(8-18)15(23-14)20-3-5-22-6-4-20/h1-2,7,14H,3-6H2,(H,19,21). The second-order valence-corrected chi connectivity index (χ2v) is 6.94. The van der Waals surface area contributed by atoms with Crippen LogP contribution in [-0.2, 0) is 9.53 Å². The molecule has 0 radical (unpaired) electrons. The Balaban J connectivity index is 1.92. The highest BCUT2D eigenvalue weighted by Gasteiger charge is 2.32. The number of nitriles is 1. The zero-order valence-corrected chi connectivity index (χ0v) is 14.3. The molecule has 1 atom stereocenters. The molecular formula is C15H13Cl2N3O2S. The molecule has 1 unspecified atom stereocenters. The molecule has 2 aliphatic heterocycles. The molecule has 1 saturated heterocycles. The second kappa shape index (κ2) is 7.02. The molecule has 1 aromatic carbocycles. The number of morpholine rings is 1. The zero-order chi connectivity index (χ0) is 16.4. The van der Waals surface area contributed by atoms with E-state index in [0.29, 0.717) is 41.4 Å². The summed E-state index contributed by atoms with van der Waals surface area (Å²) in [6, 6.07) is 7.26. The van der Waals surface area contributed by atoms with E-state index in [2.05, 4.69) is 5.32 Å². The maximum atomic E-state index is 12.3. The van der Waals surface area contributed by atoms with Crippen molar-refractivity contribution in [2.45, 2.75) is 5.37 Å². The van der Waals surface area contributed by atoms with E-state index >= 15 is 0 Å². The van der Waals surface area contributed by atoms with Crippen LogP contribution in [-0.4, -0.2) is 37.1 Å². The number of hydrogen-bond acceptors (Lipinski definition) is 5. The maximum absolute atomic E-state index is 12.3. The molecule has 2 aliphatic rings. The number of nitrogens with zero attached hydrogens (tertiary/aromatic N) is 2. The minimum Gasteiger partial charge on any atom is -0.378 e. The maximum Gasteiger partial charge on any atom is 0.265 e. The van der Waals surface area contributed by atoms with Gasteiger partial charge in [0.1, 0.15) is 17.0 Å². The summed E-state index contributed by atoms with van der Waals surface area (Å²) < 4.78 is 5.34. The molecule has 0 bridgehead atoms. The smallest absolute Gasteiger partial charge is 0.265 e. The molecule has 1 N–H and O–H groups in total. The summed E-state index contributed by atoms with van der Waals surface area (Å²) in [5.74, 6) is -0.371. The number of amides is 1. The first-order valence-corrected chi connectivity index (χ1v) is 8.63. The van der Waals surface area contributed by atoms with Gasteiger partial charge < -0.3 is 15.0 Å². The van der Waals surface area contributed by atoms with Gasteiger partial charge in [0.2, 0.25) is 0 Å². The number of benzene rings is 1. The number of carbonyl (C=O) groups is 1. The Morgan fingerprint density at radius 3 is 2.70 bits per heavy atom. The third-order valence-electron chi connectivity index (χ3n) is 3.59. The molecule has 1 fully saturated rings. The van der Waals surface area contributed by atoms with Crippen LogP contribution in [0.1, 0.15) is 10.9 Å². The van der Waals surface area contributed by atoms with Crippen molar-refractivity contribution in [1.29, 1.82) is 5.26 Å². The average Bonchev–Trinajstić information content (AvgIpc) is 2.57. The lowest BCUT2D eigenvalue weighted by Crippen LogP contribution is -2.40. The van der Waals surface area contributed by atoms with Crippen LogP contribution < -0.4 is 5.32 Å². The fraction of sp³-hybridized carbons (Fsp3) is 0.333. The Kier molecular flexibility index (Phi) is 5.02. The van der Waals surface area contributed by atoms with Gasteiger partial charge in [0.25, 0.3) is 5.91 Å². The summed E-state index contributed by atoms with van der Waals surface area (Å²) in [5, 5.41) is 13.4. The van der Waals surface area contributed by atoms with Crippen LogP contribution in [0.4, 0.5) is 0 Å². The first-order valence-electron chi connectivity index (χ1n) is 6.99. The Morgan fingerprint density at radius 2 is 2.04 bits per heavy atom. The topological polar surface area (TPSA) is 65.4 Å². The first-order chi connectivity index (χ1) is 11.1. The SMILES string of the molecule is N#CC1=C(N2CCOCC2)SC(c2ccc(Cl)c(Cl)c2)NC1=O. The van der Waals surface area contributed by atoms with E-state index in [0.717, 1.165) is 5.56 Å². The highest BCUT2D eigenvalue weighted by Crippen LogP contribution is 2.41. The summed E-state index contributed by atoms with van der Waals surface area (Å²) in [7, 11) is 0. The first kappa shape index (κ1) is 16.5. The minimum atomic E-state index is -0.371. The van der Waals surface area contributed by atoms with Crippen LogP contribution in [0.2, 0.25) is 10.0 Å². The molecule has 0 aliphatic carbocycles. The van der Waals surface area contributed by atoms with Crippen LogP contribution in [0.3, 0.4) is 0 Å². The molecule has 1 amide bonds. The third-order valence-corrected chi connectivity index (χ3v) is 5.64. The largest absolute Gasteiger partial charge is 0.378 e. The van der Waals surface area contributed by atoms with Gasteiger partial charge in [0.15, 0.2) is 0 Å². The van der Waals surface area contributed by atoms with Crippen molar-refractivity contribution < 1.29 is 9.53 Å². The lowest BCUT2D eigenvalue weighted by Gasteiger charge is -2.35. The molecule has 3 rings (SSSR count). The zero-order valence-electron chi connectivity index (χ0n) is 12.0. The van der Waals surface area contributed by atoms with Gasteiger partial charge in [-0.3, -0.25) is 4.79 Å². The van der Waals surface area contributed by atoms with E-state index in [1.165, 1.54) is 11.8 Å². The quantitative estimate of drug-likeness (QED) is 0.867. The number of rotatable bonds is 2. The minimum absolute atomic E-state index is 0.146. The molecule has 120 valence electrons. The van der Waals surface area contributed by atoms with Crippen LogP contribution in [0, 0.1) is 11.3 Å². The lowest BCUT2D eigenvalue weighted by molar-refractivity contribution is -0.117. The van der Waals surface area contributed by atoms with Gasteiger partial charge in [-0.2, -0.15) is 5.26 Å². The summed E-state index contributed by atoms with van der Waals surface area (Å²) in [4.78, 5) is 14.3. The van der Waals surface area contributed by atoms with Crippen LogP contribution in [0.5, 0.6) is 0 Å². The lowest BCUT2D eigenvalue weighted by atomic mass is 10.2. The molecule has 0 saturated carbocycles. The van der Waals surface area contributed by atoms with Crippen molar-refractivity contribution in [3.8, 4) is 6.07 Å². The molecule has 0 aromatic heterocycles. The van der Waals surface area contributed by atoms with Crippen molar-refractivity contribution in [2.75, 3.05) is 26.3 Å². The van der Waals surface area contributed by atoms with E-state index in [-0.39, 0.29) is 16.9 Å². The summed E-state index contributed by atoms with van der Waals surface area (Å²) in [5.41, 5.74) is 0.980. The van der Waals surface area contributed by atoms with Gasteiger partial charge in [-0.15, -0.1) is 0 Å². The summed E-state index contributed by atoms with van der Waals surface area (Å²) in [6.07, 6.45) is 0. The Hall–Kier alpha value is -1.39. The molecule has 5 nitrogen and oxygen atoms in total. The Labute approximate surface area is 148 Å². The molecule has 2 heterocycles. The van der Waals surface area contributed by atoms with Gasteiger partial charge in [0, 0.05) is 13.1 Å². The van der Waals surface area contributed by atoms with E-state index in [1.807, 2.05) is 17.0 Å². The number of thioether (sulfide) groups is 1. The van der Waals surface area contributed by atoms with Crippen molar-refractivity contribution in [3.63, 3.8) is 0 Å². The molecule has 8 heteroatoms. The van der Waals surface area contributed by atoms with Crippen molar-refractivity contribution in [2.24, 2.45) is 0 Å². The second-order valence-electron chi connectivity index (χ2n) is 5.04. The number of hydrogen-bond donors (Lipinski definition) is 1. The number of ether oxygens (including phenoxy) is 1. The number of nitrogens with one attached hydrogen (secondary N) is 1. The summed E-state index contributed by atoms with van der Waals surface area (Å²) >= 11 is 13.4. The van der Waals surface area contributed by atoms with Gasteiger partial charge in [-0.25, -0.2) is 0 Å². The van der Waals surface area contributed by atoms with Crippen LogP contribution >= 0.6 is 35.0 Å². The van der Waals surface area contributed by atoms with Crippen molar-refractivity contribution in [1.82, 2.24) is 10.2 Å². The molecule has 0 spiro atoms. The average molecular weight is 370 g/mol. The Morgan fingerprint density at radius 1 is 1.30 bits per heavy atom. The van der Waals surface area contributed by atoms with Gasteiger partial charge >= 0.3 is 0 Å². The monoisotopic (exact) mass is 369 g/mol. The molecular weight excluding hydrogens is 357 g/mol. The fourth-order valence-electron chi connectivity index (χ4n) is 2.41. The van der Waals surface area contributed by atoms with E-state index < -0.39 is 0 Å². The fourth-order valence-corrected chi connectivity index (χ4v) is 3.98. The van der Waals surface area contributed by atoms with Crippen LogP contribution in [0.15, 0.2) is 28.8 Å². The van der Waals surface area contributed by atoms with E-state index in [1.54, 1.807) is 12.1 Å². The van der Waals surface area contributed by atoms with Gasteiger partial charge in [-0.05, 0) is 17.7 Å². The predicted octanol–water partition coefficient (Wildman–Crippen LogP) is 2.92. The summed E-state index contributed by atoms with van der Waals surface area (Å²) in [6.45, 7) is 2.49.